The summed E-state index contributed by atoms with van der Waals surface area (Å²) in [6.45, 7) is 0. The molecular formula is C8H10N2O4. The second-order valence-corrected chi connectivity index (χ2v) is 2.77. The van der Waals surface area contributed by atoms with Gasteiger partial charge in [-0.15, -0.1) is 0 Å². The Balaban J connectivity index is 3.19. The Morgan fingerprint density at radius 2 is 1.64 bits per heavy atom. The minimum atomic E-state index is -1.41. The van der Waals surface area contributed by atoms with Crippen LogP contribution in [0.2, 0.25) is 0 Å². The van der Waals surface area contributed by atoms with Crippen LogP contribution in [0.3, 0.4) is 0 Å². The zero-order valence-electron chi connectivity index (χ0n) is 7.10. The highest BCUT2D eigenvalue weighted by molar-refractivity contribution is 5.83. The fourth-order valence-corrected chi connectivity index (χ4v) is 0.963. The fraction of sp³-hybridized carbons (Fsp3) is 0.125. The van der Waals surface area contributed by atoms with E-state index in [-0.39, 0.29) is 5.56 Å². The zero-order chi connectivity index (χ0) is 10.9. The summed E-state index contributed by atoms with van der Waals surface area (Å²) in [5.41, 5.74) is 5.05. The van der Waals surface area contributed by atoms with Gasteiger partial charge in [-0.3, -0.25) is 5.41 Å². The first-order valence-electron chi connectivity index (χ1n) is 3.70. The summed E-state index contributed by atoms with van der Waals surface area (Å²) in [5.74, 6) is -2.36. The summed E-state index contributed by atoms with van der Waals surface area (Å²) in [6.07, 6.45) is -1.41. The minimum Gasteiger partial charge on any atom is -0.504 e. The van der Waals surface area contributed by atoms with E-state index in [1.54, 1.807) is 0 Å². The number of amidine groups is 1. The van der Waals surface area contributed by atoms with Gasteiger partial charge in [0.15, 0.2) is 17.2 Å². The standard InChI is InChI=1S/C8H10N2O4/c9-8(10)6(13)3-1-4(11)7(14)5(12)2-3/h1-2,6,11-14H,(H3,9,10). The van der Waals surface area contributed by atoms with E-state index >= 15 is 0 Å². The van der Waals surface area contributed by atoms with Crippen molar-refractivity contribution in [1.82, 2.24) is 0 Å². The molecule has 1 aromatic rings. The van der Waals surface area contributed by atoms with Crippen molar-refractivity contribution in [3.8, 4) is 17.2 Å². The van der Waals surface area contributed by atoms with E-state index in [4.69, 9.17) is 26.5 Å². The third kappa shape index (κ3) is 1.69. The molecule has 0 bridgehead atoms. The highest BCUT2D eigenvalue weighted by Gasteiger charge is 2.15. The van der Waals surface area contributed by atoms with Gasteiger partial charge < -0.3 is 26.2 Å². The molecule has 0 saturated carbocycles. The first-order valence-corrected chi connectivity index (χ1v) is 3.70. The summed E-state index contributed by atoms with van der Waals surface area (Å²) < 4.78 is 0. The number of aromatic hydroxyl groups is 3. The zero-order valence-corrected chi connectivity index (χ0v) is 7.10. The van der Waals surface area contributed by atoms with Gasteiger partial charge in [-0.05, 0) is 17.7 Å². The molecule has 0 aromatic heterocycles. The normalized spacial score (nSPS) is 12.4. The van der Waals surface area contributed by atoms with Crippen LogP contribution in [0, 0.1) is 5.41 Å². The molecule has 76 valence electrons. The molecule has 0 aliphatic rings. The molecule has 1 rings (SSSR count). The molecule has 0 aliphatic carbocycles. The Bertz CT molecular complexity index is 355. The lowest BCUT2D eigenvalue weighted by Crippen LogP contribution is -2.19. The second-order valence-electron chi connectivity index (χ2n) is 2.77. The highest BCUT2D eigenvalue weighted by atomic mass is 16.3. The van der Waals surface area contributed by atoms with Gasteiger partial charge in [0.2, 0.25) is 0 Å². The molecule has 0 saturated heterocycles. The van der Waals surface area contributed by atoms with Gasteiger partial charge in [-0.1, -0.05) is 0 Å². The number of phenols is 3. The molecule has 1 atom stereocenters. The number of hydrogen-bond acceptors (Lipinski definition) is 5. The van der Waals surface area contributed by atoms with E-state index in [2.05, 4.69) is 0 Å². The molecule has 1 unspecified atom stereocenters. The lowest BCUT2D eigenvalue weighted by molar-refractivity contribution is 0.243. The summed E-state index contributed by atoms with van der Waals surface area (Å²) in [4.78, 5) is 0. The summed E-state index contributed by atoms with van der Waals surface area (Å²) in [5, 5.41) is 43.4. The summed E-state index contributed by atoms with van der Waals surface area (Å²) in [6, 6.07) is 2.03. The highest BCUT2D eigenvalue weighted by Crippen LogP contribution is 2.36. The Kier molecular flexibility index (Phi) is 2.48. The fourth-order valence-electron chi connectivity index (χ4n) is 0.963. The van der Waals surface area contributed by atoms with Gasteiger partial charge >= 0.3 is 0 Å². The first-order chi connectivity index (χ1) is 6.43. The third-order valence-electron chi connectivity index (χ3n) is 1.70. The molecule has 0 aliphatic heterocycles. The molecule has 6 heteroatoms. The van der Waals surface area contributed by atoms with Gasteiger partial charge in [-0.25, -0.2) is 0 Å². The van der Waals surface area contributed by atoms with Crippen LogP contribution in [-0.2, 0) is 0 Å². The van der Waals surface area contributed by atoms with Crippen LogP contribution in [0.5, 0.6) is 17.2 Å². The van der Waals surface area contributed by atoms with E-state index < -0.39 is 29.2 Å². The largest absolute Gasteiger partial charge is 0.504 e. The quantitative estimate of drug-likeness (QED) is 0.222. The maximum absolute atomic E-state index is 9.28. The van der Waals surface area contributed by atoms with Crippen molar-refractivity contribution in [2.75, 3.05) is 0 Å². The third-order valence-corrected chi connectivity index (χ3v) is 1.70. The lowest BCUT2D eigenvalue weighted by Gasteiger charge is -2.10. The van der Waals surface area contributed by atoms with Crippen LogP contribution in [0.25, 0.3) is 0 Å². The average Bonchev–Trinajstić information content (AvgIpc) is 2.12. The summed E-state index contributed by atoms with van der Waals surface area (Å²) >= 11 is 0. The number of hydrogen-bond donors (Lipinski definition) is 6. The molecular weight excluding hydrogens is 188 g/mol. The molecule has 0 fully saturated rings. The Hall–Kier alpha value is -1.95. The predicted molar refractivity (Wildman–Crippen MR) is 48.3 cm³/mol. The van der Waals surface area contributed by atoms with Gasteiger partial charge in [0.05, 0.1) is 0 Å². The summed E-state index contributed by atoms with van der Waals surface area (Å²) in [7, 11) is 0. The molecule has 6 nitrogen and oxygen atoms in total. The molecule has 0 spiro atoms. The number of benzene rings is 1. The van der Waals surface area contributed by atoms with E-state index in [0.717, 1.165) is 12.1 Å². The molecule has 14 heavy (non-hydrogen) atoms. The minimum absolute atomic E-state index is 0.0327. The molecule has 0 radical (unpaired) electrons. The van der Waals surface area contributed by atoms with Crippen molar-refractivity contribution in [1.29, 1.82) is 5.41 Å². The number of aliphatic hydroxyl groups is 1. The molecule has 0 amide bonds. The predicted octanol–water partition coefficient (Wildman–Crippen LogP) is -0.227. The van der Waals surface area contributed by atoms with Crippen LogP contribution < -0.4 is 5.73 Å². The van der Waals surface area contributed by atoms with Crippen molar-refractivity contribution in [3.63, 3.8) is 0 Å². The number of phenolic OH excluding ortho intramolecular Hbond substituents is 3. The van der Waals surface area contributed by atoms with E-state index in [9.17, 15) is 5.11 Å². The molecule has 7 N–H and O–H groups in total. The van der Waals surface area contributed by atoms with Crippen LogP contribution in [0.1, 0.15) is 11.7 Å². The van der Waals surface area contributed by atoms with E-state index in [1.165, 1.54) is 0 Å². The van der Waals surface area contributed by atoms with Crippen LogP contribution in [0.15, 0.2) is 12.1 Å². The van der Waals surface area contributed by atoms with Crippen LogP contribution in [0.4, 0.5) is 0 Å². The van der Waals surface area contributed by atoms with Gasteiger partial charge in [0.25, 0.3) is 0 Å². The Morgan fingerprint density at radius 1 is 1.21 bits per heavy atom. The number of nitrogens with one attached hydrogen (secondary N) is 1. The maximum atomic E-state index is 9.28. The first kappa shape index (κ1) is 10.1. The van der Waals surface area contributed by atoms with Gasteiger partial charge in [0, 0.05) is 0 Å². The van der Waals surface area contributed by atoms with Crippen LogP contribution >= 0.6 is 0 Å². The number of rotatable bonds is 2. The van der Waals surface area contributed by atoms with Crippen molar-refractivity contribution < 1.29 is 20.4 Å². The van der Waals surface area contributed by atoms with E-state index in [0.29, 0.717) is 0 Å². The lowest BCUT2D eigenvalue weighted by atomic mass is 10.1. The van der Waals surface area contributed by atoms with Crippen LogP contribution in [-0.4, -0.2) is 26.3 Å². The van der Waals surface area contributed by atoms with Crippen molar-refractivity contribution in [2.45, 2.75) is 6.10 Å². The average molecular weight is 198 g/mol. The Morgan fingerprint density at radius 3 is 2.00 bits per heavy atom. The van der Waals surface area contributed by atoms with Gasteiger partial charge in [-0.2, -0.15) is 0 Å². The topological polar surface area (TPSA) is 131 Å². The molecule has 1 aromatic carbocycles. The molecule has 0 heterocycles. The van der Waals surface area contributed by atoms with Gasteiger partial charge in [0.1, 0.15) is 11.9 Å². The maximum Gasteiger partial charge on any atom is 0.200 e. The number of aliphatic hydroxyl groups excluding tert-OH is 1. The van der Waals surface area contributed by atoms with Crippen molar-refractivity contribution >= 4 is 5.84 Å². The number of nitrogens with two attached hydrogens (primary N) is 1. The monoisotopic (exact) mass is 198 g/mol. The van der Waals surface area contributed by atoms with Crippen molar-refractivity contribution in [2.24, 2.45) is 5.73 Å². The smallest absolute Gasteiger partial charge is 0.200 e. The van der Waals surface area contributed by atoms with Crippen molar-refractivity contribution in [3.05, 3.63) is 17.7 Å². The SMILES string of the molecule is N=C(N)C(O)c1cc(O)c(O)c(O)c1. The second kappa shape index (κ2) is 3.43. The van der Waals surface area contributed by atoms with E-state index in [1.807, 2.05) is 0 Å². The Labute approximate surface area is 79.4 Å².